The lowest BCUT2D eigenvalue weighted by atomic mass is 10.1. The fraction of sp³-hybridized carbons (Fsp3) is 0.429. The topological polar surface area (TPSA) is 86.8 Å². The number of hydroxylamine groups is 3. The van der Waals surface area contributed by atoms with E-state index in [1.54, 1.807) is 13.2 Å². The van der Waals surface area contributed by atoms with Gasteiger partial charge in [0.2, 0.25) is 5.88 Å². The average Bonchev–Trinajstić information content (AvgIpc) is 2.71. The van der Waals surface area contributed by atoms with E-state index in [1.165, 1.54) is 7.11 Å². The molecule has 1 aromatic heterocycles. The number of urea groups is 1. The first-order chi connectivity index (χ1) is 13.8. The van der Waals surface area contributed by atoms with Crippen molar-refractivity contribution in [2.24, 2.45) is 0 Å². The lowest BCUT2D eigenvalue weighted by Gasteiger charge is -2.46. The number of anilines is 2. The Hall–Kier alpha value is -2.84. The van der Waals surface area contributed by atoms with Crippen molar-refractivity contribution in [3.05, 3.63) is 46.3 Å². The van der Waals surface area contributed by atoms with E-state index < -0.39 is 10.7 Å². The smallest absolute Gasteiger partial charge is 0.421 e. The second kappa shape index (κ2) is 8.26. The van der Waals surface area contributed by atoms with Crippen molar-refractivity contribution in [1.29, 1.82) is 0 Å². The third-order valence-corrected chi connectivity index (χ3v) is 5.46. The number of aromatic nitrogens is 1. The predicted octanol–water partition coefficient (Wildman–Crippen LogP) is 3.39. The molecule has 1 aliphatic rings. The maximum Gasteiger partial charge on any atom is 0.421 e. The minimum Gasteiger partial charge on any atom is -0.624 e. The van der Waals surface area contributed by atoms with Crippen LogP contribution in [-0.4, -0.2) is 56.1 Å². The van der Waals surface area contributed by atoms with Gasteiger partial charge in [0, 0.05) is 17.4 Å². The first-order valence-electron chi connectivity index (χ1n) is 9.59. The molecule has 0 bridgehead atoms. The Kier molecular flexibility index (Phi) is 5.95. The van der Waals surface area contributed by atoms with Gasteiger partial charge in [-0.3, -0.25) is 9.96 Å². The van der Waals surface area contributed by atoms with Crippen molar-refractivity contribution in [2.75, 3.05) is 50.6 Å². The van der Waals surface area contributed by atoms with Crippen LogP contribution in [0.15, 0.2) is 24.3 Å². The van der Waals surface area contributed by atoms with Crippen LogP contribution in [0.5, 0.6) is 11.6 Å². The van der Waals surface area contributed by atoms with Gasteiger partial charge in [-0.25, -0.2) is 9.78 Å². The number of amides is 2. The lowest BCUT2D eigenvalue weighted by molar-refractivity contribution is -0.797. The molecule has 2 aromatic rings. The van der Waals surface area contributed by atoms with Gasteiger partial charge in [0.15, 0.2) is 0 Å². The van der Waals surface area contributed by atoms with E-state index >= 15 is 0 Å². The van der Waals surface area contributed by atoms with Crippen LogP contribution in [-0.2, 0) is 0 Å². The van der Waals surface area contributed by atoms with Gasteiger partial charge in [-0.15, -0.1) is 0 Å². The highest BCUT2D eigenvalue weighted by Gasteiger charge is 2.34. The molecule has 1 N–H and O–H groups in total. The average molecular weight is 400 g/mol. The summed E-state index contributed by atoms with van der Waals surface area (Å²) in [6.45, 7) is 7.06. The van der Waals surface area contributed by atoms with E-state index in [1.807, 2.05) is 39.0 Å². The van der Waals surface area contributed by atoms with Crippen LogP contribution in [0, 0.1) is 26.0 Å². The third-order valence-electron chi connectivity index (χ3n) is 5.46. The highest BCUT2D eigenvalue weighted by atomic mass is 16.6. The number of hydrogen-bond donors (Lipinski definition) is 1. The number of carbonyl (C=O) groups excluding carboxylic acids is 1. The summed E-state index contributed by atoms with van der Waals surface area (Å²) in [4.78, 5) is 19.2. The highest BCUT2D eigenvalue weighted by Crippen LogP contribution is 2.29. The maximum atomic E-state index is 13.2. The van der Waals surface area contributed by atoms with Gasteiger partial charge in [0.1, 0.15) is 24.5 Å². The molecule has 156 valence electrons. The van der Waals surface area contributed by atoms with Gasteiger partial charge >= 0.3 is 6.03 Å². The Morgan fingerprint density at radius 2 is 1.79 bits per heavy atom. The van der Waals surface area contributed by atoms with Crippen LogP contribution in [0.3, 0.4) is 0 Å². The van der Waals surface area contributed by atoms with Crippen LogP contribution in [0.2, 0.25) is 0 Å². The lowest BCUT2D eigenvalue weighted by Crippen LogP contribution is -2.60. The molecule has 0 radical (unpaired) electrons. The Labute approximate surface area is 171 Å². The van der Waals surface area contributed by atoms with Gasteiger partial charge in [0.05, 0.1) is 27.3 Å². The van der Waals surface area contributed by atoms with E-state index in [0.29, 0.717) is 24.7 Å². The zero-order chi connectivity index (χ0) is 21.2. The number of methoxy groups -OCH3 is 2. The summed E-state index contributed by atoms with van der Waals surface area (Å²) in [7, 11) is 3.12. The number of carbonyl (C=O) groups is 1. The Balaban J connectivity index is 1.72. The molecule has 1 fully saturated rings. The van der Waals surface area contributed by atoms with Crippen LogP contribution in [0.4, 0.5) is 16.2 Å². The summed E-state index contributed by atoms with van der Waals surface area (Å²) in [6, 6.07) is 7.05. The molecule has 0 saturated carbocycles. The summed E-state index contributed by atoms with van der Waals surface area (Å²) >= 11 is 0. The standard InChI is InChI=1S/C21H28N4O4/c1-14-6-7-17(28-4)13-19(14)24-8-10-25(27,11-9-24)21(26)23-18-12-15(2)16(3)22-20(18)29-5/h6-7,12-13H,8-11H2,1-5H3,(H,23,26). The molecule has 8 nitrogen and oxygen atoms in total. The number of piperazine rings is 1. The molecule has 0 unspecified atom stereocenters. The molecule has 3 rings (SSSR count). The number of nitrogens with one attached hydrogen (secondary N) is 1. The van der Waals surface area contributed by atoms with Crippen LogP contribution < -0.4 is 19.7 Å². The van der Waals surface area contributed by atoms with Crippen molar-refractivity contribution in [1.82, 2.24) is 4.98 Å². The molecular weight excluding hydrogens is 372 g/mol. The number of quaternary nitrogens is 1. The molecule has 0 atom stereocenters. The van der Waals surface area contributed by atoms with Crippen LogP contribution >= 0.6 is 0 Å². The molecule has 0 aliphatic carbocycles. The highest BCUT2D eigenvalue weighted by molar-refractivity contribution is 5.86. The summed E-state index contributed by atoms with van der Waals surface area (Å²) in [6.07, 6.45) is 0. The third kappa shape index (κ3) is 4.28. The number of rotatable bonds is 4. The molecule has 8 heteroatoms. The number of hydrogen-bond acceptors (Lipinski definition) is 6. The Bertz CT molecular complexity index is 908. The molecule has 2 heterocycles. The predicted molar refractivity (Wildman–Crippen MR) is 113 cm³/mol. The summed E-state index contributed by atoms with van der Waals surface area (Å²) < 4.78 is 9.63. The largest absolute Gasteiger partial charge is 0.624 e. The molecule has 1 aliphatic heterocycles. The van der Waals surface area contributed by atoms with Crippen molar-refractivity contribution in [2.45, 2.75) is 20.8 Å². The fourth-order valence-electron chi connectivity index (χ4n) is 3.43. The van der Waals surface area contributed by atoms with E-state index in [9.17, 15) is 10.0 Å². The monoisotopic (exact) mass is 400 g/mol. The van der Waals surface area contributed by atoms with Crippen LogP contribution in [0.25, 0.3) is 0 Å². The van der Waals surface area contributed by atoms with E-state index in [0.717, 1.165) is 28.3 Å². The maximum absolute atomic E-state index is 13.2. The number of pyridine rings is 1. The van der Waals surface area contributed by atoms with Crippen molar-refractivity contribution in [3.63, 3.8) is 0 Å². The molecule has 1 saturated heterocycles. The number of ether oxygens (including phenoxy) is 2. The van der Waals surface area contributed by atoms with Crippen molar-refractivity contribution >= 4 is 17.4 Å². The first kappa shape index (κ1) is 20.9. The second-order valence-electron chi connectivity index (χ2n) is 7.35. The number of aryl methyl sites for hydroxylation is 3. The number of nitrogens with zero attached hydrogens (tertiary/aromatic N) is 3. The summed E-state index contributed by atoms with van der Waals surface area (Å²) in [5.74, 6) is 1.07. The van der Waals surface area contributed by atoms with Crippen LogP contribution in [0.1, 0.15) is 16.8 Å². The van der Waals surface area contributed by atoms with E-state index in [2.05, 4.69) is 15.2 Å². The molecular formula is C21H28N4O4. The second-order valence-corrected chi connectivity index (χ2v) is 7.35. The molecule has 1 aromatic carbocycles. The van der Waals surface area contributed by atoms with Gasteiger partial charge in [-0.1, -0.05) is 6.07 Å². The quantitative estimate of drug-likeness (QED) is 0.625. The first-order valence-corrected chi connectivity index (χ1v) is 9.59. The normalized spacial score (nSPS) is 15.7. The van der Waals surface area contributed by atoms with Gasteiger partial charge in [0.25, 0.3) is 0 Å². The van der Waals surface area contributed by atoms with Gasteiger partial charge < -0.3 is 19.6 Å². The van der Waals surface area contributed by atoms with Gasteiger partial charge in [-0.2, -0.15) is 0 Å². The molecule has 29 heavy (non-hydrogen) atoms. The summed E-state index contributed by atoms with van der Waals surface area (Å²) in [5, 5.41) is 15.9. The summed E-state index contributed by atoms with van der Waals surface area (Å²) in [5.41, 5.74) is 4.27. The fourth-order valence-corrected chi connectivity index (χ4v) is 3.43. The zero-order valence-electron chi connectivity index (χ0n) is 17.6. The number of benzene rings is 1. The minimum absolute atomic E-state index is 0.156. The Morgan fingerprint density at radius 3 is 2.41 bits per heavy atom. The minimum atomic E-state index is -0.935. The Morgan fingerprint density at radius 1 is 1.10 bits per heavy atom. The van der Waals surface area contributed by atoms with Crippen molar-refractivity contribution < 1.29 is 18.9 Å². The van der Waals surface area contributed by atoms with Crippen molar-refractivity contribution in [3.8, 4) is 11.6 Å². The molecule has 2 amide bonds. The van der Waals surface area contributed by atoms with E-state index in [4.69, 9.17) is 9.47 Å². The molecule has 0 spiro atoms. The van der Waals surface area contributed by atoms with E-state index in [-0.39, 0.29) is 13.1 Å². The van der Waals surface area contributed by atoms with Gasteiger partial charge in [-0.05, 0) is 44.0 Å². The zero-order valence-corrected chi connectivity index (χ0v) is 17.6. The SMILES string of the molecule is COc1ccc(C)c(N2CC[N+]([O-])(C(=O)Nc3cc(C)c(C)nc3OC)CC2)c1.